The molecule has 0 aliphatic carbocycles. The van der Waals surface area contributed by atoms with Gasteiger partial charge in [0, 0.05) is 23.9 Å². The second kappa shape index (κ2) is 8.82. The Morgan fingerprint density at radius 3 is 2.21 bits per heavy atom. The highest BCUT2D eigenvalue weighted by Gasteiger charge is 2.37. The van der Waals surface area contributed by atoms with Crippen molar-refractivity contribution in [3.8, 4) is 5.75 Å². The highest BCUT2D eigenvalue weighted by atomic mass is 19.4. The van der Waals surface area contributed by atoms with Crippen molar-refractivity contribution in [3.05, 3.63) is 73.8 Å². The number of ether oxygens (including phenoxy) is 1. The fourth-order valence-corrected chi connectivity index (χ4v) is 2.27. The minimum Gasteiger partial charge on any atom is -0.496 e. The Morgan fingerprint density at radius 1 is 1.10 bits per heavy atom. The molecule has 0 saturated carbocycles. The van der Waals surface area contributed by atoms with Gasteiger partial charge in [-0.3, -0.25) is 25.7 Å². The molecule has 0 bridgehead atoms. The van der Waals surface area contributed by atoms with Crippen LogP contribution in [0.4, 0.5) is 30.2 Å². The lowest BCUT2D eigenvalue weighted by molar-refractivity contribution is -0.392. The standard InChI is InChI=1S/C17H13F3N4O5/c1-29-15-7-3-2-5-11(15)6-4-8-21-22-16-13(23(25)26)9-12(17(18,19)20)10-14(16)24(27)28/h2-10,22H,1H3/b6-4+,21-8-. The van der Waals surface area contributed by atoms with Gasteiger partial charge in [-0.15, -0.1) is 0 Å². The van der Waals surface area contributed by atoms with Gasteiger partial charge in [0.15, 0.2) is 0 Å². The molecule has 2 aromatic carbocycles. The molecule has 0 aliphatic rings. The summed E-state index contributed by atoms with van der Waals surface area (Å²) in [6.07, 6.45) is -0.876. The number of allylic oxidation sites excluding steroid dienone is 1. The Hall–Kier alpha value is -3.96. The number of nitrogens with zero attached hydrogens (tertiary/aromatic N) is 3. The normalized spacial score (nSPS) is 11.7. The minimum absolute atomic E-state index is 0.204. The van der Waals surface area contributed by atoms with E-state index >= 15 is 0 Å². The van der Waals surface area contributed by atoms with Crippen LogP contribution in [0.3, 0.4) is 0 Å². The van der Waals surface area contributed by atoms with Crippen LogP contribution in [0.5, 0.6) is 5.75 Å². The maximum Gasteiger partial charge on any atom is 0.416 e. The molecule has 2 aromatic rings. The smallest absolute Gasteiger partial charge is 0.416 e. The Labute approximate surface area is 161 Å². The largest absolute Gasteiger partial charge is 0.496 e. The number of methoxy groups -OCH3 is 1. The second-order valence-electron chi connectivity index (χ2n) is 5.39. The summed E-state index contributed by atoms with van der Waals surface area (Å²) in [7, 11) is 1.48. The Balaban J connectivity index is 2.34. The third kappa shape index (κ3) is 5.28. The molecule has 2 rings (SSSR count). The van der Waals surface area contributed by atoms with Gasteiger partial charge in [0.1, 0.15) is 5.75 Å². The van der Waals surface area contributed by atoms with Crippen molar-refractivity contribution in [3.63, 3.8) is 0 Å². The lowest BCUT2D eigenvalue weighted by atomic mass is 10.1. The molecule has 29 heavy (non-hydrogen) atoms. The number of hydrazone groups is 1. The summed E-state index contributed by atoms with van der Waals surface area (Å²) in [5.41, 5.74) is -1.77. The molecule has 0 radical (unpaired) electrons. The molecule has 0 spiro atoms. The molecule has 0 heterocycles. The fraction of sp³-hybridized carbons (Fsp3) is 0.118. The van der Waals surface area contributed by atoms with Crippen LogP contribution in [0, 0.1) is 20.2 Å². The summed E-state index contributed by atoms with van der Waals surface area (Å²) >= 11 is 0. The van der Waals surface area contributed by atoms with Crippen molar-refractivity contribution in [2.75, 3.05) is 12.5 Å². The predicted octanol–water partition coefficient (Wildman–Crippen LogP) is 4.64. The van der Waals surface area contributed by atoms with Crippen molar-refractivity contribution >= 4 is 29.4 Å². The first kappa shape index (κ1) is 21.3. The summed E-state index contributed by atoms with van der Waals surface area (Å²) in [5.74, 6) is 0.569. The molecule has 0 amide bonds. The first-order valence-electron chi connectivity index (χ1n) is 7.78. The Kier molecular flexibility index (Phi) is 6.49. The van der Waals surface area contributed by atoms with Crippen LogP contribution in [-0.4, -0.2) is 23.2 Å². The summed E-state index contributed by atoms with van der Waals surface area (Å²) in [6, 6.07) is 7.37. The van der Waals surface area contributed by atoms with Crippen molar-refractivity contribution in [2.24, 2.45) is 5.10 Å². The monoisotopic (exact) mass is 410 g/mol. The molecule has 0 saturated heterocycles. The number of rotatable bonds is 7. The Bertz CT molecular complexity index is 954. The third-order valence-electron chi connectivity index (χ3n) is 3.57. The zero-order chi connectivity index (χ0) is 21.6. The van der Waals surface area contributed by atoms with Crippen LogP contribution < -0.4 is 10.2 Å². The van der Waals surface area contributed by atoms with Crippen LogP contribution in [0.1, 0.15) is 11.1 Å². The maximum absolute atomic E-state index is 12.9. The second-order valence-corrected chi connectivity index (χ2v) is 5.39. The van der Waals surface area contributed by atoms with Gasteiger partial charge in [-0.1, -0.05) is 18.2 Å². The van der Waals surface area contributed by atoms with Crippen LogP contribution in [0.2, 0.25) is 0 Å². The van der Waals surface area contributed by atoms with Gasteiger partial charge < -0.3 is 4.74 Å². The van der Waals surface area contributed by atoms with Crippen LogP contribution in [0.15, 0.2) is 47.6 Å². The first-order chi connectivity index (χ1) is 13.6. The number of hydrogen-bond acceptors (Lipinski definition) is 7. The first-order valence-corrected chi connectivity index (χ1v) is 7.78. The van der Waals surface area contributed by atoms with E-state index in [4.69, 9.17) is 4.74 Å². The van der Waals surface area contributed by atoms with Crippen LogP contribution >= 0.6 is 0 Å². The number of nitro groups is 2. The quantitative estimate of drug-likeness (QED) is 0.403. The predicted molar refractivity (Wildman–Crippen MR) is 98.9 cm³/mol. The van der Waals surface area contributed by atoms with Gasteiger partial charge in [0.05, 0.1) is 22.5 Å². The molecule has 0 fully saturated rings. The van der Waals surface area contributed by atoms with E-state index in [1.165, 1.54) is 13.2 Å². The van der Waals surface area contributed by atoms with E-state index in [0.29, 0.717) is 11.3 Å². The van der Waals surface area contributed by atoms with Gasteiger partial charge in [0.25, 0.3) is 0 Å². The topological polar surface area (TPSA) is 120 Å². The third-order valence-corrected chi connectivity index (χ3v) is 3.57. The van der Waals surface area contributed by atoms with Crippen LogP contribution in [-0.2, 0) is 6.18 Å². The van der Waals surface area contributed by atoms with Crippen molar-refractivity contribution in [1.29, 1.82) is 0 Å². The fourth-order valence-electron chi connectivity index (χ4n) is 2.27. The highest BCUT2D eigenvalue weighted by Crippen LogP contribution is 2.41. The molecular weight excluding hydrogens is 397 g/mol. The van der Waals surface area contributed by atoms with E-state index < -0.39 is 38.6 Å². The SMILES string of the molecule is COc1ccccc1/C=C/C=N\Nc1c([N+](=O)[O-])cc(C(F)(F)F)cc1[N+](=O)[O-]. The number of nitrogens with one attached hydrogen (secondary N) is 1. The number of hydrogen-bond donors (Lipinski definition) is 1. The van der Waals surface area contributed by atoms with Gasteiger partial charge in [-0.25, -0.2) is 0 Å². The number of alkyl halides is 3. The average Bonchev–Trinajstić information content (AvgIpc) is 2.66. The lowest BCUT2D eigenvalue weighted by Crippen LogP contribution is -2.09. The zero-order valence-electron chi connectivity index (χ0n) is 14.7. The van der Waals surface area contributed by atoms with E-state index in [-0.39, 0.29) is 12.1 Å². The Morgan fingerprint density at radius 2 is 1.69 bits per heavy atom. The van der Waals surface area contributed by atoms with E-state index in [9.17, 15) is 33.4 Å². The van der Waals surface area contributed by atoms with E-state index in [1.54, 1.807) is 30.3 Å². The number of halogens is 3. The number of para-hydroxylation sites is 1. The number of nitro benzene ring substituents is 2. The molecule has 0 aliphatic heterocycles. The zero-order valence-corrected chi connectivity index (χ0v) is 14.7. The summed E-state index contributed by atoms with van der Waals surface area (Å²) < 4.78 is 43.7. The average molecular weight is 410 g/mol. The van der Waals surface area contributed by atoms with Gasteiger partial charge in [0.2, 0.25) is 5.69 Å². The van der Waals surface area contributed by atoms with Gasteiger partial charge in [-0.05, 0) is 18.2 Å². The van der Waals surface area contributed by atoms with Gasteiger partial charge >= 0.3 is 17.6 Å². The molecule has 0 unspecified atom stereocenters. The molecule has 0 aromatic heterocycles. The van der Waals surface area contributed by atoms with Crippen molar-refractivity contribution in [2.45, 2.75) is 6.18 Å². The van der Waals surface area contributed by atoms with Crippen molar-refractivity contribution < 1.29 is 27.8 Å². The van der Waals surface area contributed by atoms with E-state index in [0.717, 1.165) is 6.21 Å². The van der Waals surface area contributed by atoms with Gasteiger partial charge in [-0.2, -0.15) is 18.3 Å². The van der Waals surface area contributed by atoms with E-state index in [2.05, 4.69) is 10.5 Å². The number of benzene rings is 2. The summed E-state index contributed by atoms with van der Waals surface area (Å²) in [4.78, 5) is 19.9. The molecule has 0 atom stereocenters. The summed E-state index contributed by atoms with van der Waals surface area (Å²) in [6.45, 7) is 0. The maximum atomic E-state index is 12.9. The lowest BCUT2D eigenvalue weighted by Gasteiger charge is -2.09. The van der Waals surface area contributed by atoms with Crippen LogP contribution in [0.25, 0.3) is 6.08 Å². The molecule has 9 nitrogen and oxygen atoms in total. The number of anilines is 1. The molecule has 12 heteroatoms. The summed E-state index contributed by atoms with van der Waals surface area (Å²) in [5, 5.41) is 25.8. The molecule has 1 N–H and O–H groups in total. The van der Waals surface area contributed by atoms with E-state index in [1.807, 2.05) is 0 Å². The minimum atomic E-state index is -4.99. The van der Waals surface area contributed by atoms with Crippen molar-refractivity contribution in [1.82, 2.24) is 0 Å². The molecular formula is C17H13F3N4O5. The highest BCUT2D eigenvalue weighted by molar-refractivity contribution is 5.81. The molecule has 152 valence electrons.